The summed E-state index contributed by atoms with van der Waals surface area (Å²) in [7, 11) is 0. The van der Waals surface area contributed by atoms with Gasteiger partial charge >= 0.3 is 0 Å². The van der Waals surface area contributed by atoms with Gasteiger partial charge in [0.2, 0.25) is 0 Å². The largest absolute Gasteiger partial charge is 0.0622 e. The van der Waals surface area contributed by atoms with Gasteiger partial charge in [-0.05, 0) is 37.0 Å². The summed E-state index contributed by atoms with van der Waals surface area (Å²) in [5, 5.41) is 0. The summed E-state index contributed by atoms with van der Waals surface area (Å²) in [5.41, 5.74) is 0. The quantitative estimate of drug-likeness (QED) is 0.433. The van der Waals surface area contributed by atoms with E-state index in [1.54, 1.807) is 19.3 Å². The molecule has 3 atom stereocenters. The van der Waals surface area contributed by atoms with Crippen molar-refractivity contribution < 1.29 is 0 Å². The molecule has 0 aromatic heterocycles. The number of hydrogen-bond acceptors (Lipinski definition) is 0. The minimum Gasteiger partial charge on any atom is -0.0622 e. The fourth-order valence-electron chi connectivity index (χ4n) is 2.09. The molecule has 2 rings (SSSR count). The second kappa shape index (κ2) is 1.04. The standard InChI is InChI=1S/C7H12/c1-5-4-6-2-3-7(5)6/h5-7H,2-4H2,1H3/t5-,6?,7?/m0/s1. The normalized spacial score (nSPS) is 57.0. The predicted octanol–water partition coefficient (Wildman–Crippen LogP) is 2.05. The summed E-state index contributed by atoms with van der Waals surface area (Å²) in [4.78, 5) is 0. The van der Waals surface area contributed by atoms with E-state index in [4.69, 9.17) is 0 Å². The molecule has 0 aromatic carbocycles. The van der Waals surface area contributed by atoms with Gasteiger partial charge in [-0.2, -0.15) is 0 Å². The summed E-state index contributed by atoms with van der Waals surface area (Å²) in [6, 6.07) is 0. The van der Waals surface area contributed by atoms with Crippen LogP contribution in [0.25, 0.3) is 0 Å². The molecule has 2 aliphatic rings. The van der Waals surface area contributed by atoms with Crippen molar-refractivity contribution in [2.75, 3.05) is 0 Å². The number of fused-ring (bicyclic) bond motifs is 1. The first kappa shape index (κ1) is 3.94. The van der Waals surface area contributed by atoms with E-state index in [2.05, 4.69) is 6.92 Å². The lowest BCUT2D eigenvalue weighted by molar-refractivity contribution is -0.0138. The van der Waals surface area contributed by atoms with Crippen LogP contribution in [-0.4, -0.2) is 0 Å². The van der Waals surface area contributed by atoms with E-state index in [0.717, 1.165) is 5.92 Å². The summed E-state index contributed by atoms with van der Waals surface area (Å²) in [5.74, 6) is 3.47. The molecule has 0 spiro atoms. The van der Waals surface area contributed by atoms with Crippen LogP contribution >= 0.6 is 0 Å². The van der Waals surface area contributed by atoms with Gasteiger partial charge in [0.15, 0.2) is 0 Å². The van der Waals surface area contributed by atoms with Gasteiger partial charge < -0.3 is 0 Å². The zero-order chi connectivity index (χ0) is 4.85. The highest BCUT2D eigenvalue weighted by Gasteiger charge is 2.43. The monoisotopic (exact) mass is 96.1 g/mol. The van der Waals surface area contributed by atoms with E-state index in [0.29, 0.717) is 0 Å². The maximum Gasteiger partial charge on any atom is -0.0360 e. The lowest BCUT2D eigenvalue weighted by Crippen LogP contribution is -2.42. The predicted molar refractivity (Wildman–Crippen MR) is 30.0 cm³/mol. The van der Waals surface area contributed by atoms with E-state index in [1.165, 1.54) is 11.8 Å². The lowest BCUT2D eigenvalue weighted by Gasteiger charge is -2.51. The molecule has 0 amide bonds. The Balaban J connectivity index is 1.99. The topological polar surface area (TPSA) is 0 Å². The van der Waals surface area contributed by atoms with Crippen LogP contribution in [0.2, 0.25) is 0 Å². The van der Waals surface area contributed by atoms with E-state index in [-0.39, 0.29) is 0 Å². The van der Waals surface area contributed by atoms with Crippen molar-refractivity contribution in [2.24, 2.45) is 17.8 Å². The van der Waals surface area contributed by atoms with Crippen molar-refractivity contribution in [3.63, 3.8) is 0 Å². The molecule has 0 aromatic rings. The minimum absolute atomic E-state index is 1.10. The third-order valence-electron chi connectivity index (χ3n) is 2.88. The maximum absolute atomic E-state index is 2.39. The fraction of sp³-hybridized carbons (Fsp3) is 1.00. The zero-order valence-corrected chi connectivity index (χ0v) is 4.85. The first-order valence-corrected chi connectivity index (χ1v) is 3.38. The summed E-state index contributed by atoms with van der Waals surface area (Å²) in [6.45, 7) is 2.39. The van der Waals surface area contributed by atoms with Crippen molar-refractivity contribution in [1.82, 2.24) is 0 Å². The zero-order valence-electron chi connectivity index (χ0n) is 4.85. The van der Waals surface area contributed by atoms with Gasteiger partial charge in [0.25, 0.3) is 0 Å². The van der Waals surface area contributed by atoms with Gasteiger partial charge in [0.05, 0.1) is 0 Å². The van der Waals surface area contributed by atoms with Crippen molar-refractivity contribution in [3.8, 4) is 0 Å². The first-order chi connectivity index (χ1) is 3.38. The van der Waals surface area contributed by atoms with Crippen LogP contribution in [-0.2, 0) is 0 Å². The molecule has 7 heavy (non-hydrogen) atoms. The molecule has 2 saturated carbocycles. The van der Waals surface area contributed by atoms with Crippen molar-refractivity contribution in [1.29, 1.82) is 0 Å². The Hall–Kier alpha value is 0. The van der Waals surface area contributed by atoms with Gasteiger partial charge in [-0.3, -0.25) is 0 Å². The summed E-state index contributed by atoms with van der Waals surface area (Å²) < 4.78 is 0. The van der Waals surface area contributed by atoms with E-state index < -0.39 is 0 Å². The van der Waals surface area contributed by atoms with Crippen LogP contribution in [0.1, 0.15) is 26.2 Å². The molecule has 2 unspecified atom stereocenters. The lowest BCUT2D eigenvalue weighted by atomic mass is 9.54. The van der Waals surface area contributed by atoms with E-state index >= 15 is 0 Å². The Morgan fingerprint density at radius 3 is 2.14 bits per heavy atom. The maximum atomic E-state index is 2.39. The second-order valence-electron chi connectivity index (χ2n) is 3.21. The van der Waals surface area contributed by atoms with Crippen molar-refractivity contribution in [3.05, 3.63) is 0 Å². The van der Waals surface area contributed by atoms with Gasteiger partial charge in [-0.1, -0.05) is 6.92 Å². The van der Waals surface area contributed by atoms with Crippen molar-refractivity contribution in [2.45, 2.75) is 26.2 Å². The third-order valence-corrected chi connectivity index (χ3v) is 2.88. The molecule has 0 radical (unpaired) electrons. The molecule has 0 N–H and O–H groups in total. The number of hydrogen-bond donors (Lipinski definition) is 0. The molecule has 2 fully saturated rings. The molecule has 0 aliphatic heterocycles. The molecule has 40 valence electrons. The summed E-state index contributed by atoms with van der Waals surface area (Å²) >= 11 is 0. The van der Waals surface area contributed by atoms with Crippen LogP contribution in [0.3, 0.4) is 0 Å². The van der Waals surface area contributed by atoms with Gasteiger partial charge in [0.1, 0.15) is 0 Å². The average molecular weight is 96.2 g/mol. The molecular weight excluding hydrogens is 84.1 g/mol. The Morgan fingerprint density at radius 2 is 2.14 bits per heavy atom. The molecule has 0 bridgehead atoms. The highest BCUT2D eigenvalue weighted by molar-refractivity contribution is 4.94. The SMILES string of the molecule is C[C@H]1CC2CCC21. The van der Waals surface area contributed by atoms with Gasteiger partial charge in [-0.15, -0.1) is 0 Å². The van der Waals surface area contributed by atoms with Crippen LogP contribution < -0.4 is 0 Å². The third kappa shape index (κ3) is 0.332. The molecule has 0 heteroatoms. The Kier molecular flexibility index (Phi) is 0.586. The average Bonchev–Trinajstić information content (AvgIpc) is 1.59. The molecule has 0 nitrogen and oxygen atoms in total. The van der Waals surface area contributed by atoms with Gasteiger partial charge in [-0.25, -0.2) is 0 Å². The van der Waals surface area contributed by atoms with Crippen LogP contribution in [0.5, 0.6) is 0 Å². The van der Waals surface area contributed by atoms with Crippen LogP contribution in [0.4, 0.5) is 0 Å². The highest BCUT2D eigenvalue weighted by atomic mass is 14.5. The fourth-order valence-corrected chi connectivity index (χ4v) is 2.09. The van der Waals surface area contributed by atoms with E-state index in [9.17, 15) is 0 Å². The highest BCUT2D eigenvalue weighted by Crippen LogP contribution is 2.53. The van der Waals surface area contributed by atoms with Crippen LogP contribution in [0, 0.1) is 17.8 Å². The molecule has 0 heterocycles. The Labute approximate surface area is 44.9 Å². The molecular formula is C7H12. The summed E-state index contributed by atoms with van der Waals surface area (Å²) in [6.07, 6.45) is 4.64. The van der Waals surface area contributed by atoms with E-state index in [1.807, 2.05) is 0 Å². The Bertz CT molecular complexity index is 82.0. The first-order valence-electron chi connectivity index (χ1n) is 3.38. The molecule has 0 saturated heterocycles. The van der Waals surface area contributed by atoms with Gasteiger partial charge in [0, 0.05) is 0 Å². The Morgan fingerprint density at radius 1 is 1.29 bits per heavy atom. The smallest absolute Gasteiger partial charge is 0.0360 e. The molecule has 2 aliphatic carbocycles. The van der Waals surface area contributed by atoms with Crippen LogP contribution in [0.15, 0.2) is 0 Å². The minimum atomic E-state index is 1.10. The van der Waals surface area contributed by atoms with Crippen molar-refractivity contribution >= 4 is 0 Å². The second-order valence-corrected chi connectivity index (χ2v) is 3.21. The number of rotatable bonds is 0.